The zero-order valence-corrected chi connectivity index (χ0v) is 13.6. The van der Waals surface area contributed by atoms with Gasteiger partial charge in [0.25, 0.3) is 0 Å². The van der Waals surface area contributed by atoms with Gasteiger partial charge in [-0.3, -0.25) is 0 Å². The van der Waals surface area contributed by atoms with Crippen LogP contribution < -0.4 is 5.32 Å². The topological polar surface area (TPSA) is 12.0 Å². The van der Waals surface area contributed by atoms with Crippen molar-refractivity contribution in [3.8, 4) is 0 Å². The van der Waals surface area contributed by atoms with E-state index >= 15 is 0 Å². The minimum absolute atomic E-state index is 0.449. The van der Waals surface area contributed by atoms with Gasteiger partial charge in [-0.1, -0.05) is 79.6 Å². The van der Waals surface area contributed by atoms with Crippen molar-refractivity contribution in [1.82, 2.24) is 5.32 Å². The summed E-state index contributed by atoms with van der Waals surface area (Å²) >= 11 is 0. The molecule has 0 aromatic heterocycles. The molecule has 0 fully saturated rings. The molecule has 0 aliphatic rings. The molecule has 0 radical (unpaired) electrons. The second-order valence-electron chi connectivity index (χ2n) is 6.78. The summed E-state index contributed by atoms with van der Waals surface area (Å²) in [5, 5.41) is 3.52. The molecule has 18 heavy (non-hydrogen) atoms. The van der Waals surface area contributed by atoms with Gasteiger partial charge in [0.2, 0.25) is 0 Å². The van der Waals surface area contributed by atoms with Gasteiger partial charge in [-0.2, -0.15) is 0 Å². The molecule has 0 aliphatic carbocycles. The molecule has 1 unspecified atom stereocenters. The number of unbranched alkanes of at least 4 members (excludes halogenated alkanes) is 6. The van der Waals surface area contributed by atoms with Crippen molar-refractivity contribution in [3.63, 3.8) is 0 Å². The highest BCUT2D eigenvalue weighted by atomic mass is 14.8. The lowest BCUT2D eigenvalue weighted by Gasteiger charge is -2.31. The second kappa shape index (κ2) is 10.8. The number of rotatable bonds is 11. The Kier molecular flexibility index (Phi) is 10.8. The van der Waals surface area contributed by atoms with Crippen LogP contribution in [0.5, 0.6) is 0 Å². The third-order valence-electron chi connectivity index (χ3n) is 4.02. The van der Waals surface area contributed by atoms with Gasteiger partial charge in [-0.15, -0.1) is 0 Å². The van der Waals surface area contributed by atoms with E-state index in [1.165, 1.54) is 57.9 Å². The van der Waals surface area contributed by atoms with Crippen molar-refractivity contribution >= 4 is 0 Å². The van der Waals surface area contributed by atoms with E-state index in [-0.39, 0.29) is 0 Å². The lowest BCUT2D eigenvalue weighted by Crippen LogP contribution is -2.31. The molecule has 0 saturated carbocycles. The lowest BCUT2D eigenvalue weighted by molar-refractivity contribution is 0.214. The van der Waals surface area contributed by atoms with Crippen LogP contribution in [0.3, 0.4) is 0 Å². The van der Waals surface area contributed by atoms with Crippen LogP contribution in [0, 0.1) is 11.3 Å². The summed E-state index contributed by atoms with van der Waals surface area (Å²) in [7, 11) is 0. The maximum atomic E-state index is 3.52. The van der Waals surface area contributed by atoms with Gasteiger partial charge in [0.15, 0.2) is 0 Å². The van der Waals surface area contributed by atoms with Crippen molar-refractivity contribution in [1.29, 1.82) is 0 Å². The third kappa shape index (κ3) is 9.94. The van der Waals surface area contributed by atoms with Gasteiger partial charge in [-0.05, 0) is 30.8 Å². The van der Waals surface area contributed by atoms with Crippen molar-refractivity contribution in [2.24, 2.45) is 11.3 Å². The van der Waals surface area contributed by atoms with Gasteiger partial charge in [0, 0.05) is 0 Å². The lowest BCUT2D eigenvalue weighted by atomic mass is 9.77. The van der Waals surface area contributed by atoms with Crippen LogP contribution >= 0.6 is 0 Å². The average molecular weight is 255 g/mol. The molecule has 0 saturated heterocycles. The second-order valence-corrected chi connectivity index (χ2v) is 6.78. The monoisotopic (exact) mass is 255 g/mol. The zero-order chi connectivity index (χ0) is 13.9. The fourth-order valence-corrected chi connectivity index (χ4v) is 2.51. The van der Waals surface area contributed by atoms with E-state index in [0.717, 1.165) is 12.5 Å². The van der Waals surface area contributed by atoms with E-state index in [2.05, 4.69) is 39.9 Å². The summed E-state index contributed by atoms with van der Waals surface area (Å²) in [6.07, 6.45) is 11.3. The average Bonchev–Trinajstić information content (AvgIpc) is 2.30. The van der Waals surface area contributed by atoms with Crippen LogP contribution in [0.1, 0.15) is 86.0 Å². The Morgan fingerprint density at radius 3 is 1.89 bits per heavy atom. The Bertz CT molecular complexity index is 169. The summed E-state index contributed by atoms with van der Waals surface area (Å²) in [6, 6.07) is 0. The first kappa shape index (κ1) is 18.0. The van der Waals surface area contributed by atoms with E-state index in [1.54, 1.807) is 0 Å². The van der Waals surface area contributed by atoms with Crippen LogP contribution in [0.25, 0.3) is 0 Å². The van der Waals surface area contributed by atoms with Crippen LogP contribution in [0.2, 0.25) is 0 Å². The normalized spacial score (nSPS) is 13.8. The highest BCUT2D eigenvalue weighted by molar-refractivity contribution is 4.75. The van der Waals surface area contributed by atoms with Crippen LogP contribution in [0.4, 0.5) is 0 Å². The number of nitrogens with one attached hydrogen (secondary N) is 1. The fourth-order valence-electron chi connectivity index (χ4n) is 2.51. The molecule has 110 valence electrons. The molecule has 1 heteroatoms. The first-order valence-corrected chi connectivity index (χ1v) is 8.23. The Hall–Kier alpha value is -0.0400. The minimum Gasteiger partial charge on any atom is -0.317 e. The first-order valence-electron chi connectivity index (χ1n) is 8.23. The molecule has 0 rings (SSSR count). The summed E-state index contributed by atoms with van der Waals surface area (Å²) in [6.45, 7) is 13.9. The van der Waals surface area contributed by atoms with E-state index in [1.807, 2.05) is 0 Å². The quantitative estimate of drug-likeness (QED) is 0.487. The maximum absolute atomic E-state index is 3.52. The smallest absolute Gasteiger partial charge is 0.00156 e. The van der Waals surface area contributed by atoms with Crippen LogP contribution in [0.15, 0.2) is 0 Å². The number of hydrogen-bond acceptors (Lipinski definition) is 1. The Labute approximate surface area is 116 Å². The molecule has 1 nitrogen and oxygen atoms in total. The standard InChI is InChI=1S/C17H37N/c1-6-8-9-10-11-12-13-14-16(15-18-7-2)17(3,4)5/h16,18H,6-15H2,1-5H3. The molecule has 0 aromatic rings. The predicted molar refractivity (Wildman–Crippen MR) is 84.1 cm³/mol. The molecule has 0 heterocycles. The molecule has 0 bridgehead atoms. The largest absolute Gasteiger partial charge is 0.317 e. The van der Waals surface area contributed by atoms with Gasteiger partial charge < -0.3 is 5.32 Å². The SMILES string of the molecule is CCCCCCCCCC(CNCC)C(C)(C)C. The van der Waals surface area contributed by atoms with Crippen molar-refractivity contribution < 1.29 is 0 Å². The van der Waals surface area contributed by atoms with Crippen molar-refractivity contribution in [2.45, 2.75) is 86.0 Å². The molecular formula is C17H37N. The van der Waals surface area contributed by atoms with Gasteiger partial charge in [-0.25, -0.2) is 0 Å². The molecule has 0 spiro atoms. The molecular weight excluding hydrogens is 218 g/mol. The van der Waals surface area contributed by atoms with E-state index in [9.17, 15) is 0 Å². The fraction of sp³-hybridized carbons (Fsp3) is 1.00. The van der Waals surface area contributed by atoms with E-state index < -0.39 is 0 Å². The van der Waals surface area contributed by atoms with Gasteiger partial charge >= 0.3 is 0 Å². The molecule has 0 amide bonds. The van der Waals surface area contributed by atoms with E-state index in [4.69, 9.17) is 0 Å². The highest BCUT2D eigenvalue weighted by Gasteiger charge is 2.23. The first-order chi connectivity index (χ1) is 8.52. The van der Waals surface area contributed by atoms with Crippen molar-refractivity contribution in [2.75, 3.05) is 13.1 Å². The summed E-state index contributed by atoms with van der Waals surface area (Å²) in [4.78, 5) is 0. The Morgan fingerprint density at radius 1 is 0.833 bits per heavy atom. The molecule has 0 aliphatic heterocycles. The molecule has 0 aromatic carbocycles. The van der Waals surface area contributed by atoms with Crippen LogP contribution in [-0.4, -0.2) is 13.1 Å². The maximum Gasteiger partial charge on any atom is -0.00156 e. The molecule has 1 atom stereocenters. The predicted octanol–water partition coefficient (Wildman–Crippen LogP) is 5.40. The van der Waals surface area contributed by atoms with E-state index in [0.29, 0.717) is 5.41 Å². The summed E-state index contributed by atoms with van der Waals surface area (Å²) in [5.74, 6) is 0.827. The van der Waals surface area contributed by atoms with Crippen molar-refractivity contribution in [3.05, 3.63) is 0 Å². The summed E-state index contributed by atoms with van der Waals surface area (Å²) in [5.41, 5.74) is 0.449. The van der Waals surface area contributed by atoms with Crippen LogP contribution in [-0.2, 0) is 0 Å². The summed E-state index contributed by atoms with van der Waals surface area (Å²) < 4.78 is 0. The highest BCUT2D eigenvalue weighted by Crippen LogP contribution is 2.30. The Balaban J connectivity index is 3.63. The number of hydrogen-bond donors (Lipinski definition) is 1. The minimum atomic E-state index is 0.449. The zero-order valence-electron chi connectivity index (χ0n) is 13.6. The Morgan fingerprint density at radius 2 is 1.39 bits per heavy atom. The van der Waals surface area contributed by atoms with Gasteiger partial charge in [0.1, 0.15) is 0 Å². The van der Waals surface area contributed by atoms with Gasteiger partial charge in [0.05, 0.1) is 0 Å². The molecule has 1 N–H and O–H groups in total. The third-order valence-corrected chi connectivity index (χ3v) is 4.02.